The van der Waals surface area contributed by atoms with E-state index in [0.29, 0.717) is 0 Å². The summed E-state index contributed by atoms with van der Waals surface area (Å²) in [5.74, 6) is 0. The van der Waals surface area contributed by atoms with Crippen molar-refractivity contribution >= 4 is 24.9 Å². The van der Waals surface area contributed by atoms with Crippen LogP contribution in [0.2, 0.25) is 17.6 Å². The molecule has 19 heavy (non-hydrogen) atoms. The Kier molecular flexibility index (Phi) is 4.77. The summed E-state index contributed by atoms with van der Waals surface area (Å²) in [6, 6.07) is 9.62. The lowest BCUT2D eigenvalue weighted by Gasteiger charge is -2.27. The lowest BCUT2D eigenvalue weighted by molar-refractivity contribution is 0.715. The summed E-state index contributed by atoms with van der Waals surface area (Å²) in [5.41, 5.74) is 0. The quantitative estimate of drug-likeness (QED) is 0.766. The molecule has 0 spiro atoms. The van der Waals surface area contributed by atoms with Crippen molar-refractivity contribution in [1.82, 2.24) is 14.8 Å². The van der Waals surface area contributed by atoms with Gasteiger partial charge in [0.05, 0.1) is 0 Å². The molecule has 0 aliphatic rings. The van der Waals surface area contributed by atoms with Crippen molar-refractivity contribution < 1.29 is 0 Å². The fraction of sp³-hybridized carbons (Fsp3) is 0.429. The molecule has 0 amide bonds. The van der Waals surface area contributed by atoms with E-state index in [9.17, 15) is 0 Å². The maximum Gasteiger partial charge on any atom is 0.137 e. The Morgan fingerprint density at radius 3 is 2.58 bits per heavy atom. The predicted molar refractivity (Wildman–Crippen MR) is 82.4 cm³/mol. The van der Waals surface area contributed by atoms with Crippen LogP contribution in [0, 0.1) is 0 Å². The Morgan fingerprint density at radius 1 is 1.26 bits per heavy atom. The molecular weight excluding hydrogens is 274 g/mol. The van der Waals surface area contributed by atoms with E-state index in [1.54, 1.807) is 6.33 Å². The summed E-state index contributed by atoms with van der Waals surface area (Å²) < 4.78 is 1.97. The Balaban J connectivity index is 2.25. The van der Waals surface area contributed by atoms with Gasteiger partial charge in [-0.1, -0.05) is 61.3 Å². The highest BCUT2D eigenvalue weighted by atomic mass is 35.5. The normalized spacial score (nSPS) is 14.3. The van der Waals surface area contributed by atoms with E-state index in [1.807, 2.05) is 23.1 Å². The molecule has 0 fully saturated rings. The van der Waals surface area contributed by atoms with Crippen LogP contribution in [0.5, 0.6) is 0 Å². The van der Waals surface area contributed by atoms with Crippen LogP contribution in [0.25, 0.3) is 0 Å². The summed E-state index contributed by atoms with van der Waals surface area (Å²) in [6.07, 6.45) is 6.89. The van der Waals surface area contributed by atoms with Gasteiger partial charge in [-0.25, -0.2) is 4.98 Å². The van der Waals surface area contributed by atoms with E-state index in [1.165, 1.54) is 24.1 Å². The van der Waals surface area contributed by atoms with Crippen molar-refractivity contribution in [2.45, 2.75) is 38.5 Å². The molecule has 5 heteroatoms. The number of benzene rings is 1. The fourth-order valence-electron chi connectivity index (χ4n) is 2.41. The molecule has 2 aromatic rings. The SMILES string of the molecule is CCCC[Si](C)(Cn1cncn1)c1ccc(Cl)cc1. The number of aromatic nitrogens is 3. The smallest absolute Gasteiger partial charge is 0.137 e. The monoisotopic (exact) mass is 293 g/mol. The fourth-order valence-corrected chi connectivity index (χ4v) is 6.14. The van der Waals surface area contributed by atoms with E-state index in [-0.39, 0.29) is 0 Å². The lowest BCUT2D eigenvalue weighted by atomic mass is 10.4. The van der Waals surface area contributed by atoms with Gasteiger partial charge in [-0.15, -0.1) is 0 Å². The largest absolute Gasteiger partial charge is 0.256 e. The van der Waals surface area contributed by atoms with Crippen LogP contribution in [0.4, 0.5) is 0 Å². The van der Waals surface area contributed by atoms with E-state index in [4.69, 9.17) is 11.6 Å². The summed E-state index contributed by atoms with van der Waals surface area (Å²) in [7, 11) is -1.57. The summed E-state index contributed by atoms with van der Waals surface area (Å²) in [6.45, 7) is 4.67. The van der Waals surface area contributed by atoms with Crippen molar-refractivity contribution in [3.8, 4) is 0 Å². The van der Waals surface area contributed by atoms with Crippen molar-refractivity contribution in [3.63, 3.8) is 0 Å². The summed E-state index contributed by atoms with van der Waals surface area (Å²) >= 11 is 6.00. The van der Waals surface area contributed by atoms with Crippen LogP contribution in [-0.4, -0.2) is 22.8 Å². The molecule has 0 N–H and O–H groups in total. The Morgan fingerprint density at radius 2 is 2.00 bits per heavy atom. The van der Waals surface area contributed by atoms with Gasteiger partial charge in [0.15, 0.2) is 0 Å². The first kappa shape index (κ1) is 14.3. The van der Waals surface area contributed by atoms with E-state index < -0.39 is 8.07 Å². The molecule has 0 aliphatic heterocycles. The van der Waals surface area contributed by atoms with Crippen LogP contribution in [0.1, 0.15) is 19.8 Å². The zero-order valence-corrected chi connectivity index (χ0v) is 13.3. The molecule has 0 bridgehead atoms. The van der Waals surface area contributed by atoms with Crippen molar-refractivity contribution in [1.29, 1.82) is 0 Å². The van der Waals surface area contributed by atoms with Crippen LogP contribution >= 0.6 is 11.6 Å². The highest BCUT2D eigenvalue weighted by Gasteiger charge is 2.29. The molecule has 1 aromatic heterocycles. The molecule has 102 valence electrons. The molecule has 0 aliphatic carbocycles. The second kappa shape index (κ2) is 6.35. The molecule has 1 atom stereocenters. The number of halogens is 1. The summed E-state index contributed by atoms with van der Waals surface area (Å²) in [4.78, 5) is 4.05. The zero-order chi connectivity index (χ0) is 13.7. The standard InChI is InChI=1S/C14H20ClN3Si/c1-3-4-9-19(2,12-18-11-16-10-17-18)14-7-5-13(15)6-8-14/h5-8,10-11H,3-4,9,12H2,1-2H3. The molecule has 2 rings (SSSR count). The Bertz CT molecular complexity index is 498. The van der Waals surface area contributed by atoms with E-state index in [0.717, 1.165) is 11.2 Å². The second-order valence-corrected chi connectivity index (χ2v) is 10.2. The highest BCUT2D eigenvalue weighted by molar-refractivity contribution is 6.89. The van der Waals surface area contributed by atoms with Gasteiger partial charge in [-0.2, -0.15) is 5.10 Å². The predicted octanol–water partition coefficient (Wildman–Crippen LogP) is 3.26. The first-order chi connectivity index (χ1) is 9.14. The van der Waals surface area contributed by atoms with Crippen molar-refractivity contribution in [3.05, 3.63) is 41.9 Å². The molecule has 3 nitrogen and oxygen atoms in total. The van der Waals surface area contributed by atoms with Gasteiger partial charge in [0.2, 0.25) is 0 Å². The number of hydrogen-bond donors (Lipinski definition) is 0. The topological polar surface area (TPSA) is 30.7 Å². The van der Waals surface area contributed by atoms with Crippen LogP contribution in [0.15, 0.2) is 36.9 Å². The van der Waals surface area contributed by atoms with Gasteiger partial charge in [-0.05, 0) is 12.1 Å². The lowest BCUT2D eigenvalue weighted by Crippen LogP contribution is -2.48. The first-order valence-corrected chi connectivity index (χ1v) is 10.0. The van der Waals surface area contributed by atoms with Gasteiger partial charge < -0.3 is 0 Å². The van der Waals surface area contributed by atoms with Crippen LogP contribution in [0.3, 0.4) is 0 Å². The maximum atomic E-state index is 6.00. The van der Waals surface area contributed by atoms with Gasteiger partial charge in [0, 0.05) is 11.2 Å². The number of unbranched alkanes of at least 4 members (excludes halogenated alkanes) is 1. The van der Waals surface area contributed by atoms with E-state index in [2.05, 4.69) is 35.7 Å². The Labute approximate surface area is 120 Å². The average molecular weight is 294 g/mol. The molecule has 0 saturated heterocycles. The van der Waals surface area contributed by atoms with Crippen LogP contribution in [-0.2, 0) is 6.17 Å². The third-order valence-corrected chi connectivity index (χ3v) is 8.06. The summed E-state index contributed by atoms with van der Waals surface area (Å²) in [5, 5.41) is 6.51. The van der Waals surface area contributed by atoms with Gasteiger partial charge in [-0.3, -0.25) is 4.68 Å². The molecule has 1 heterocycles. The minimum absolute atomic E-state index is 0.802. The van der Waals surface area contributed by atoms with Crippen molar-refractivity contribution in [2.24, 2.45) is 0 Å². The molecule has 0 radical (unpaired) electrons. The van der Waals surface area contributed by atoms with Crippen molar-refractivity contribution in [2.75, 3.05) is 0 Å². The number of rotatable bonds is 6. The van der Waals surface area contributed by atoms with E-state index >= 15 is 0 Å². The molecule has 1 unspecified atom stereocenters. The second-order valence-electron chi connectivity index (χ2n) is 5.26. The maximum absolute atomic E-state index is 6.00. The third-order valence-electron chi connectivity index (χ3n) is 3.60. The molecule has 0 saturated carbocycles. The highest BCUT2D eigenvalue weighted by Crippen LogP contribution is 2.17. The number of nitrogens with zero attached hydrogens (tertiary/aromatic N) is 3. The number of hydrogen-bond acceptors (Lipinski definition) is 2. The Hall–Kier alpha value is -1.13. The third kappa shape index (κ3) is 3.67. The van der Waals surface area contributed by atoms with Crippen LogP contribution < -0.4 is 5.19 Å². The zero-order valence-electron chi connectivity index (χ0n) is 11.5. The average Bonchev–Trinajstić information content (AvgIpc) is 2.90. The van der Waals surface area contributed by atoms with Gasteiger partial charge in [0.1, 0.15) is 20.7 Å². The first-order valence-electron chi connectivity index (χ1n) is 6.72. The van der Waals surface area contributed by atoms with Gasteiger partial charge >= 0.3 is 0 Å². The molecular formula is C14H20ClN3Si. The van der Waals surface area contributed by atoms with Gasteiger partial charge in [0.25, 0.3) is 0 Å². The minimum Gasteiger partial charge on any atom is -0.256 e. The molecule has 1 aromatic carbocycles. The minimum atomic E-state index is -1.57.